The van der Waals surface area contributed by atoms with Crippen molar-refractivity contribution in [2.24, 2.45) is 3.50 Å². The number of benzene rings is 5. The van der Waals surface area contributed by atoms with Gasteiger partial charge in [0.15, 0.2) is 0 Å². The average Bonchev–Trinajstić information content (AvgIpc) is 1.25. The van der Waals surface area contributed by atoms with Gasteiger partial charge in [-0.2, -0.15) is 29.6 Å². The third-order valence-electron chi connectivity index (χ3n) is 13.5. The molecular weight excluding hydrogens is 1470 g/mol. The van der Waals surface area contributed by atoms with E-state index < -0.39 is 17.9 Å². The number of hydrogen-bond acceptors (Lipinski definition) is 5. The number of aryl methyl sites for hydroxylation is 5. The van der Waals surface area contributed by atoms with E-state index in [1.54, 1.807) is 28.1 Å². The molecule has 8 rings (SSSR count). The van der Waals surface area contributed by atoms with Crippen molar-refractivity contribution in [2.45, 2.75) is 170 Å². The topological polar surface area (TPSA) is 82.2 Å². The van der Waals surface area contributed by atoms with Gasteiger partial charge in [0, 0.05) is 26.4 Å². The summed E-state index contributed by atoms with van der Waals surface area (Å²) >= 11 is 15.4. The number of alkyl halides is 2. The van der Waals surface area contributed by atoms with E-state index in [2.05, 4.69) is 208 Å². The Balaban J connectivity index is 0.000000528. The summed E-state index contributed by atoms with van der Waals surface area (Å²) in [6, 6.07) is 37.5. The van der Waals surface area contributed by atoms with Crippen LogP contribution in [0.25, 0.3) is 11.1 Å². The van der Waals surface area contributed by atoms with Gasteiger partial charge in [0.2, 0.25) is 0 Å². The third kappa shape index (κ3) is 32.1. The predicted molar refractivity (Wildman–Crippen MR) is 375 cm³/mol. The summed E-state index contributed by atoms with van der Waals surface area (Å²) in [5, 5.41) is 13.3. The molecule has 0 saturated carbocycles. The zero-order valence-electron chi connectivity index (χ0n) is 50.1. The summed E-state index contributed by atoms with van der Waals surface area (Å²) < 4.78 is 27.5. The Bertz CT molecular complexity index is 2770. The zero-order valence-corrected chi connectivity index (χ0v) is 61.7. The fraction of sp³-hybridized carbons (Fsp3) is 0.414. The van der Waals surface area contributed by atoms with Gasteiger partial charge in [0.1, 0.15) is 5.75 Å². The van der Waals surface area contributed by atoms with Crippen LogP contribution in [-0.2, 0) is 73.3 Å². The number of fused-ring (bicyclic) bond motifs is 2. The molecule has 0 amide bonds. The Labute approximate surface area is 561 Å². The third-order valence-corrected chi connectivity index (χ3v) is 19.3. The zero-order chi connectivity index (χ0) is 61.3. The van der Waals surface area contributed by atoms with Crippen LogP contribution < -0.4 is 9.72 Å². The standard InChI is InChI=1S/C21H22Br2O.C10H12.C9H19BrOP2.C8H15Br.C8H7O.C7H7N.C6H8N.CH4.Mn.Mo.O/c1-12-17(22)10-13-6-2-4-8-15(13)19(12)20-16-9-5-3-7-14(16)11-18(23)21(20)24;1-10(2,3)9-7-5-4-6-8-9;1-13(12)11-9-7-5-3-2-4-6-8-10;1-2-3-4-5-6-7-8-9;1-2-9-8-6-4-3-5-7-8;1-6-4-2-3-5-7(6)8;1-5-3-4-6(2)7-5;;;;/h10-11,24H,2-9H2,1H3;1,4-8H,2-3H3;7,9H,2-6,8,12H2,1H3;2H,1,3-8H2;2,4-7H,1H2;2-5H,1H3;3-4H,1-2H3;1H4;;;/q;;;;-1;;-1;;;;/b;;9-7-;;;;;;;;. The number of nitrogens with zero attached hydrogens (tertiary/aromatic N) is 2. The molecule has 0 aliphatic heterocycles. The number of allylic oxidation sites excluding steroid dienone is 2. The van der Waals surface area contributed by atoms with Crippen molar-refractivity contribution in [3.05, 3.63) is 206 Å². The Morgan fingerprint density at radius 3 is 1.79 bits per heavy atom. The van der Waals surface area contributed by atoms with Crippen molar-refractivity contribution in [3.8, 4) is 22.6 Å². The van der Waals surface area contributed by atoms with Crippen LogP contribution in [0.2, 0.25) is 0 Å². The van der Waals surface area contributed by atoms with Gasteiger partial charge in [-0.1, -0.05) is 128 Å². The van der Waals surface area contributed by atoms with Crippen LogP contribution >= 0.6 is 80.5 Å². The summed E-state index contributed by atoms with van der Waals surface area (Å²) in [6.07, 6.45) is 29.7. The molecule has 0 saturated heterocycles. The summed E-state index contributed by atoms with van der Waals surface area (Å²) in [5.74, 6) is 1.22. The molecule has 0 fully saturated rings. The Morgan fingerprint density at radius 1 is 0.738 bits per heavy atom. The van der Waals surface area contributed by atoms with Crippen LogP contribution in [0, 0.1) is 33.8 Å². The number of aromatic hydroxyl groups is 1. The van der Waals surface area contributed by atoms with Crippen LogP contribution in [0.5, 0.6) is 11.5 Å². The second kappa shape index (κ2) is 48.4. The molecular formula is C70H94Br4MnMoN2O4P2-2. The molecule has 5 aromatic carbocycles. The number of unbranched alkanes of at least 4 members (excludes halogenated alkanes) is 8. The second-order valence-corrected chi connectivity index (χ2v) is 29.0. The fourth-order valence-corrected chi connectivity index (χ4v) is 13.2. The van der Waals surface area contributed by atoms with E-state index in [4.69, 9.17) is 16.6 Å². The number of hydrogen-bond donors (Lipinski definition) is 1. The maximum absolute atomic E-state index is 11.0. The number of halogens is 4. The Kier molecular flexibility index (Phi) is 45.8. The van der Waals surface area contributed by atoms with Gasteiger partial charge < -0.3 is 19.4 Å². The number of ether oxygens (including phenoxy) is 1. The molecule has 0 spiro atoms. The molecule has 14 heteroatoms. The number of rotatable bonds is 20. The second-order valence-electron chi connectivity index (χ2n) is 20.7. The SMILES string of the molecule is C.C=CCCCCCCBr.C=COc1cc[c-]cc1.CP(P)O/C=C\CCCCCCBr.Cc1c(Br)cc2c(c1-c1c(O)c(Br)cc3c1CCCC3)CCCC2.Cc1ccc(C)[n-]1.Cc1ccccc1[N]=[Mo]=[CH]C(C)(C)c1ccccc1.[O]=[Mn]. The first-order valence-corrected chi connectivity index (χ1v) is 38.4. The minimum absolute atomic E-state index is 0. The fourth-order valence-electron chi connectivity index (χ4n) is 9.06. The minimum atomic E-state index is -0.473. The normalized spacial score (nSPS) is 12.0. The van der Waals surface area contributed by atoms with E-state index in [0.29, 0.717) is 5.75 Å². The van der Waals surface area contributed by atoms with E-state index in [1.165, 1.54) is 139 Å². The first-order valence-electron chi connectivity index (χ1n) is 28.7. The summed E-state index contributed by atoms with van der Waals surface area (Å²) in [7, 11) is 2.36. The van der Waals surface area contributed by atoms with Crippen molar-refractivity contribution in [3.63, 3.8) is 0 Å². The van der Waals surface area contributed by atoms with Gasteiger partial charge in [-0.05, 0) is 171 Å². The predicted octanol–water partition coefficient (Wildman–Crippen LogP) is 23.3. The van der Waals surface area contributed by atoms with Crippen molar-refractivity contribution < 1.29 is 52.1 Å². The Hall–Kier alpha value is -2.54. The molecule has 84 heavy (non-hydrogen) atoms. The number of phenols is 1. The summed E-state index contributed by atoms with van der Waals surface area (Å²) in [5.41, 5.74) is 15.4. The van der Waals surface area contributed by atoms with Gasteiger partial charge in [-0.3, -0.25) is 0 Å². The molecule has 2 atom stereocenters. The summed E-state index contributed by atoms with van der Waals surface area (Å²) in [6.45, 7) is 22.0. The molecule has 1 N–H and O–H groups in total. The first-order chi connectivity index (χ1) is 40.1. The van der Waals surface area contributed by atoms with Crippen LogP contribution in [0.1, 0.15) is 161 Å². The van der Waals surface area contributed by atoms with Crippen molar-refractivity contribution in [1.29, 1.82) is 0 Å². The van der Waals surface area contributed by atoms with Crippen LogP contribution in [0.4, 0.5) is 5.69 Å². The van der Waals surface area contributed by atoms with E-state index >= 15 is 0 Å². The van der Waals surface area contributed by atoms with Crippen LogP contribution in [0.3, 0.4) is 0 Å². The monoisotopic (exact) mass is 1560 g/mol. The van der Waals surface area contributed by atoms with Gasteiger partial charge in [0.05, 0.1) is 24.8 Å². The van der Waals surface area contributed by atoms with Gasteiger partial charge in [-0.15, -0.1) is 18.7 Å². The number of phenolic OH excluding ortho intramolecular Hbond substituents is 1. The molecule has 0 radical (unpaired) electrons. The average molecular weight is 1560 g/mol. The van der Waals surface area contributed by atoms with Gasteiger partial charge >= 0.3 is 143 Å². The van der Waals surface area contributed by atoms with Crippen molar-refractivity contribution >= 4 is 90.6 Å². The van der Waals surface area contributed by atoms with Crippen LogP contribution in [0.15, 0.2) is 153 Å². The molecule has 6 nitrogen and oxygen atoms in total. The van der Waals surface area contributed by atoms with E-state index in [0.717, 1.165) is 75.6 Å². The molecule has 2 aliphatic carbocycles. The van der Waals surface area contributed by atoms with Crippen molar-refractivity contribution in [1.82, 2.24) is 4.98 Å². The Morgan fingerprint density at radius 2 is 1.26 bits per heavy atom. The van der Waals surface area contributed by atoms with E-state index in [9.17, 15) is 5.11 Å². The molecule has 2 aliphatic rings. The van der Waals surface area contributed by atoms with Gasteiger partial charge in [0.25, 0.3) is 0 Å². The molecule has 0 bridgehead atoms. The molecule has 461 valence electrons. The molecule has 1 heterocycles. The van der Waals surface area contributed by atoms with E-state index in [1.807, 2.05) is 50.5 Å². The van der Waals surface area contributed by atoms with Gasteiger partial charge in [-0.25, -0.2) is 0 Å². The maximum atomic E-state index is 11.0. The van der Waals surface area contributed by atoms with Crippen LogP contribution in [-0.4, -0.2) is 26.8 Å². The molecule has 6 aromatic rings. The first kappa shape index (κ1) is 79.5. The molecule has 2 unspecified atom stereocenters. The molecule has 1 aromatic heterocycles. The quantitative estimate of drug-likeness (QED) is 0.0157. The number of aromatic nitrogens is 1. The summed E-state index contributed by atoms with van der Waals surface area (Å²) in [4.78, 5) is 4.11. The van der Waals surface area contributed by atoms with Crippen molar-refractivity contribution in [2.75, 3.05) is 17.3 Å². The van der Waals surface area contributed by atoms with E-state index in [-0.39, 0.29) is 20.7 Å².